The lowest BCUT2D eigenvalue weighted by atomic mass is 10.1. The third kappa shape index (κ3) is 3.14. The van der Waals surface area contributed by atoms with Crippen molar-refractivity contribution in [1.82, 2.24) is 9.97 Å². The number of nitrogens with zero attached hydrogens (tertiary/aromatic N) is 2. The maximum Gasteiger partial charge on any atom is 0.226 e. The average Bonchev–Trinajstić information content (AvgIpc) is 2.35. The highest BCUT2D eigenvalue weighted by atomic mass is 79.9. The normalized spacial score (nSPS) is 10.3. The van der Waals surface area contributed by atoms with Gasteiger partial charge in [0.15, 0.2) is 0 Å². The summed E-state index contributed by atoms with van der Waals surface area (Å²) >= 11 is 3.52. The van der Waals surface area contributed by atoms with Crippen molar-refractivity contribution in [3.8, 4) is 11.6 Å². The summed E-state index contributed by atoms with van der Waals surface area (Å²) < 4.78 is 6.81. The molecule has 0 spiro atoms. The molecule has 1 heterocycles. The standard InChI is InChI=1S/C13H15BrN4O/c1-7-4-9(5-8(2)12(7)14)19-11-6-10(16-3)17-13(15)18-11/h4-6H,1-3H3,(H3,15,16,17,18). The van der Waals surface area contributed by atoms with Gasteiger partial charge in [-0.1, -0.05) is 15.9 Å². The zero-order valence-electron chi connectivity index (χ0n) is 11.0. The molecule has 0 amide bonds. The van der Waals surface area contributed by atoms with E-state index >= 15 is 0 Å². The molecular formula is C13H15BrN4O. The molecular weight excluding hydrogens is 308 g/mol. The molecule has 5 nitrogen and oxygen atoms in total. The quantitative estimate of drug-likeness (QED) is 0.907. The van der Waals surface area contributed by atoms with Gasteiger partial charge in [0.1, 0.15) is 11.6 Å². The van der Waals surface area contributed by atoms with E-state index in [9.17, 15) is 0 Å². The fourth-order valence-electron chi connectivity index (χ4n) is 1.71. The topological polar surface area (TPSA) is 73.1 Å². The molecule has 1 aromatic carbocycles. The zero-order chi connectivity index (χ0) is 14.0. The van der Waals surface area contributed by atoms with Gasteiger partial charge < -0.3 is 15.8 Å². The van der Waals surface area contributed by atoms with Crippen LogP contribution in [0.25, 0.3) is 0 Å². The maximum absolute atomic E-state index is 5.73. The largest absolute Gasteiger partial charge is 0.439 e. The minimum atomic E-state index is 0.174. The molecule has 0 atom stereocenters. The Kier molecular flexibility index (Phi) is 3.90. The SMILES string of the molecule is CNc1cc(Oc2cc(C)c(Br)c(C)c2)nc(N)n1. The summed E-state index contributed by atoms with van der Waals surface area (Å²) in [5.41, 5.74) is 7.83. The van der Waals surface area contributed by atoms with Crippen LogP contribution in [0.1, 0.15) is 11.1 Å². The lowest BCUT2D eigenvalue weighted by Gasteiger charge is -2.10. The molecule has 0 fully saturated rings. The first-order valence-corrected chi connectivity index (χ1v) is 6.56. The van der Waals surface area contributed by atoms with E-state index in [1.807, 2.05) is 26.0 Å². The lowest BCUT2D eigenvalue weighted by molar-refractivity contribution is 0.462. The summed E-state index contributed by atoms with van der Waals surface area (Å²) in [6.45, 7) is 4.02. The fourth-order valence-corrected chi connectivity index (χ4v) is 1.94. The molecule has 1 aromatic heterocycles. The number of nitrogens with one attached hydrogen (secondary N) is 1. The van der Waals surface area contributed by atoms with Gasteiger partial charge in [-0.2, -0.15) is 9.97 Å². The molecule has 0 bridgehead atoms. The summed E-state index contributed by atoms with van der Waals surface area (Å²) in [6, 6.07) is 5.58. The molecule has 0 radical (unpaired) electrons. The highest BCUT2D eigenvalue weighted by Gasteiger charge is 2.07. The number of nitrogens with two attached hydrogens (primary N) is 1. The molecule has 2 aromatic rings. The maximum atomic E-state index is 5.73. The summed E-state index contributed by atoms with van der Waals surface area (Å²) in [5.74, 6) is 1.93. The Morgan fingerprint density at radius 3 is 2.37 bits per heavy atom. The van der Waals surface area contributed by atoms with Crippen molar-refractivity contribution in [3.05, 3.63) is 33.8 Å². The Hall–Kier alpha value is -1.82. The third-order valence-corrected chi connectivity index (χ3v) is 3.86. The van der Waals surface area contributed by atoms with Crippen LogP contribution in [0.3, 0.4) is 0 Å². The van der Waals surface area contributed by atoms with Crippen LogP contribution in [-0.4, -0.2) is 17.0 Å². The highest BCUT2D eigenvalue weighted by Crippen LogP contribution is 2.29. The molecule has 19 heavy (non-hydrogen) atoms. The number of rotatable bonds is 3. The van der Waals surface area contributed by atoms with Gasteiger partial charge in [0, 0.05) is 17.6 Å². The minimum absolute atomic E-state index is 0.174. The van der Waals surface area contributed by atoms with Gasteiger partial charge >= 0.3 is 0 Å². The number of hydrogen-bond acceptors (Lipinski definition) is 5. The Bertz CT molecular complexity index is 593. The summed E-state index contributed by atoms with van der Waals surface area (Å²) in [5, 5.41) is 2.91. The zero-order valence-corrected chi connectivity index (χ0v) is 12.6. The number of hydrogen-bond donors (Lipinski definition) is 2. The number of nitrogen functional groups attached to an aromatic ring is 1. The summed E-state index contributed by atoms with van der Waals surface area (Å²) in [6.07, 6.45) is 0. The summed E-state index contributed by atoms with van der Waals surface area (Å²) in [7, 11) is 1.76. The number of aromatic nitrogens is 2. The molecule has 0 aliphatic rings. The third-order valence-electron chi connectivity index (χ3n) is 2.61. The molecule has 0 unspecified atom stereocenters. The van der Waals surface area contributed by atoms with Crippen LogP contribution in [-0.2, 0) is 0 Å². The van der Waals surface area contributed by atoms with E-state index in [4.69, 9.17) is 10.5 Å². The van der Waals surface area contributed by atoms with Crippen LogP contribution in [0.15, 0.2) is 22.7 Å². The van der Waals surface area contributed by atoms with Crippen molar-refractivity contribution in [1.29, 1.82) is 0 Å². The first-order valence-electron chi connectivity index (χ1n) is 5.76. The van der Waals surface area contributed by atoms with E-state index < -0.39 is 0 Å². The van der Waals surface area contributed by atoms with Crippen molar-refractivity contribution < 1.29 is 4.74 Å². The minimum Gasteiger partial charge on any atom is -0.439 e. The highest BCUT2D eigenvalue weighted by molar-refractivity contribution is 9.10. The Labute approximate surface area is 120 Å². The number of halogens is 1. The van der Waals surface area contributed by atoms with Crippen molar-refractivity contribution >= 4 is 27.7 Å². The predicted octanol–water partition coefficient (Wildman–Crippen LogP) is 3.27. The van der Waals surface area contributed by atoms with Crippen molar-refractivity contribution in [2.24, 2.45) is 0 Å². The molecule has 0 aliphatic heterocycles. The molecule has 0 saturated carbocycles. The fraction of sp³-hybridized carbons (Fsp3) is 0.231. The van der Waals surface area contributed by atoms with E-state index in [1.54, 1.807) is 13.1 Å². The molecule has 0 saturated heterocycles. The Balaban J connectivity index is 2.33. The van der Waals surface area contributed by atoms with Crippen LogP contribution in [0.4, 0.5) is 11.8 Å². The van der Waals surface area contributed by atoms with Crippen LogP contribution in [0.2, 0.25) is 0 Å². The van der Waals surface area contributed by atoms with Crippen molar-refractivity contribution in [2.45, 2.75) is 13.8 Å². The monoisotopic (exact) mass is 322 g/mol. The van der Waals surface area contributed by atoms with Crippen LogP contribution in [0, 0.1) is 13.8 Å². The van der Waals surface area contributed by atoms with E-state index in [1.165, 1.54) is 0 Å². The second kappa shape index (κ2) is 5.44. The van der Waals surface area contributed by atoms with Gasteiger partial charge in [0.05, 0.1) is 0 Å². The van der Waals surface area contributed by atoms with Crippen molar-refractivity contribution in [3.63, 3.8) is 0 Å². The average molecular weight is 323 g/mol. The van der Waals surface area contributed by atoms with Crippen molar-refractivity contribution in [2.75, 3.05) is 18.1 Å². The van der Waals surface area contributed by atoms with Gasteiger partial charge in [0.25, 0.3) is 0 Å². The van der Waals surface area contributed by atoms with Gasteiger partial charge in [0.2, 0.25) is 11.8 Å². The van der Waals surface area contributed by atoms with Gasteiger partial charge in [-0.3, -0.25) is 0 Å². The van der Waals surface area contributed by atoms with E-state index in [0.29, 0.717) is 11.7 Å². The molecule has 2 rings (SSSR count). The van der Waals surface area contributed by atoms with E-state index in [2.05, 4.69) is 31.2 Å². The Morgan fingerprint density at radius 1 is 1.16 bits per heavy atom. The van der Waals surface area contributed by atoms with Crippen LogP contribution < -0.4 is 15.8 Å². The number of benzene rings is 1. The van der Waals surface area contributed by atoms with Gasteiger partial charge in [-0.15, -0.1) is 0 Å². The smallest absolute Gasteiger partial charge is 0.226 e. The van der Waals surface area contributed by atoms with E-state index in [0.717, 1.165) is 21.3 Å². The van der Waals surface area contributed by atoms with E-state index in [-0.39, 0.29) is 5.95 Å². The van der Waals surface area contributed by atoms with Gasteiger partial charge in [-0.25, -0.2) is 0 Å². The second-order valence-electron chi connectivity index (χ2n) is 4.17. The first-order chi connectivity index (χ1) is 8.99. The second-order valence-corrected chi connectivity index (χ2v) is 4.97. The Morgan fingerprint density at radius 2 is 1.79 bits per heavy atom. The number of anilines is 2. The molecule has 0 aliphatic carbocycles. The lowest BCUT2D eigenvalue weighted by Crippen LogP contribution is -2.01. The molecule has 3 N–H and O–H groups in total. The number of ether oxygens (including phenoxy) is 1. The molecule has 6 heteroatoms. The predicted molar refractivity (Wildman–Crippen MR) is 79.7 cm³/mol. The van der Waals surface area contributed by atoms with Gasteiger partial charge in [-0.05, 0) is 37.1 Å². The number of aryl methyl sites for hydroxylation is 2. The summed E-state index contributed by atoms with van der Waals surface area (Å²) in [4.78, 5) is 8.06. The van der Waals surface area contributed by atoms with Crippen LogP contribution in [0.5, 0.6) is 11.6 Å². The molecule has 100 valence electrons. The first kappa shape index (κ1) is 13.6. The van der Waals surface area contributed by atoms with Crippen LogP contribution >= 0.6 is 15.9 Å².